The summed E-state index contributed by atoms with van der Waals surface area (Å²) in [6.45, 7) is 12.1. The number of phosphoric acid groups is 1. The molecule has 7 rings (SSSR count). The highest BCUT2D eigenvalue weighted by Gasteiger charge is 2.40. The van der Waals surface area contributed by atoms with Gasteiger partial charge in [0.05, 0.1) is 37.8 Å². The van der Waals surface area contributed by atoms with Crippen LogP contribution >= 0.6 is 7.82 Å². The van der Waals surface area contributed by atoms with Crippen LogP contribution in [0, 0.1) is 25.7 Å². The lowest BCUT2D eigenvalue weighted by Crippen LogP contribution is -2.35. The van der Waals surface area contributed by atoms with Gasteiger partial charge in [-0.3, -0.25) is 43.0 Å². The van der Waals surface area contributed by atoms with Gasteiger partial charge in [0.15, 0.2) is 12.5 Å². The molecule has 3 aliphatic rings. The average molecular weight is 1280 g/mol. The van der Waals surface area contributed by atoms with Crippen LogP contribution in [0.3, 0.4) is 0 Å². The van der Waals surface area contributed by atoms with Gasteiger partial charge in [-0.1, -0.05) is 41.2 Å². The van der Waals surface area contributed by atoms with Crippen molar-refractivity contribution in [2.45, 2.75) is 91.8 Å². The number of hydrogen-bond acceptors (Lipinski definition) is 18. The zero-order valence-corrected chi connectivity index (χ0v) is 52.5. The van der Waals surface area contributed by atoms with Crippen LogP contribution in [0.4, 0.5) is 5.69 Å². The summed E-state index contributed by atoms with van der Waals surface area (Å²) in [4.78, 5) is 108. The average Bonchev–Trinajstić information content (AvgIpc) is 1.20. The van der Waals surface area contributed by atoms with Gasteiger partial charge in [-0.15, -0.1) is 0 Å². The van der Waals surface area contributed by atoms with Crippen LogP contribution < -0.4 is 42.6 Å². The Kier molecular flexibility index (Phi) is 26.0. The van der Waals surface area contributed by atoms with Crippen LogP contribution in [0.5, 0.6) is 5.75 Å². The maximum Gasteiger partial charge on any atom is 0.469 e. The Labute approximate surface area is 524 Å². The number of aromatic nitrogens is 2. The van der Waals surface area contributed by atoms with Gasteiger partial charge < -0.3 is 68.8 Å². The van der Waals surface area contributed by atoms with Gasteiger partial charge in [0.1, 0.15) is 48.2 Å². The van der Waals surface area contributed by atoms with Crippen LogP contribution in [0.15, 0.2) is 103 Å². The third kappa shape index (κ3) is 20.1. The molecule has 0 spiro atoms. The van der Waals surface area contributed by atoms with Crippen molar-refractivity contribution < 1.29 is 70.9 Å². The number of nitrogens with zero attached hydrogens (tertiary/aromatic N) is 6. The first kappa shape index (κ1) is 69.8. The Morgan fingerprint density at radius 2 is 1.75 bits per heavy atom. The van der Waals surface area contributed by atoms with Crippen molar-refractivity contribution in [3.63, 3.8) is 0 Å². The number of phosphoric ester groups is 1. The van der Waals surface area contributed by atoms with Crippen LogP contribution in [0.25, 0.3) is 43.9 Å². The molecule has 3 aromatic carbocycles. The van der Waals surface area contributed by atoms with Gasteiger partial charge in [0.2, 0.25) is 11.8 Å². The number of fused-ring (bicyclic) bond motifs is 2. The molecular weight excluding hydrogens is 1200 g/mol. The van der Waals surface area contributed by atoms with Crippen molar-refractivity contribution in [1.29, 1.82) is 0 Å². The first-order valence-electron chi connectivity index (χ1n) is 29.6. The number of H-pyrrole nitrogens is 1. The molecule has 0 saturated carbocycles. The van der Waals surface area contributed by atoms with Crippen LogP contribution in [0.1, 0.15) is 90.6 Å². The molecule has 4 amide bonds. The van der Waals surface area contributed by atoms with Gasteiger partial charge in [-0.05, 0) is 107 Å². The molecule has 3 heterocycles. The highest BCUT2D eigenvalue weighted by Crippen LogP contribution is 2.43. The SMILES string of the molecule is CCN=c1cc2oc3cc(NCC)c(C)cc3c(-c3ccccc3C(=O)N(C)CCCC(=O)NCCNC(=O)c3cccc(OCC(N=[N+]=[N-])OCCOCC(=O)NCC#Cc4cn([C@H]5CC(O[C@@H](C)OCC)[C@@H](COP(=O)(O)O)O5)c(=O)[nH]c4=O)c3)c-2cc1C. The second kappa shape index (κ2) is 33.9. The number of ether oxygens (including phenoxy) is 6. The van der Waals surface area contributed by atoms with E-state index in [2.05, 4.69) is 69.8 Å². The summed E-state index contributed by atoms with van der Waals surface area (Å²) < 4.78 is 57.4. The van der Waals surface area contributed by atoms with E-state index < -0.39 is 75.1 Å². The van der Waals surface area contributed by atoms with Crippen molar-refractivity contribution in [1.82, 2.24) is 30.4 Å². The summed E-state index contributed by atoms with van der Waals surface area (Å²) in [5.41, 5.74) is 14.2. The largest absolute Gasteiger partial charge is 0.491 e. The summed E-state index contributed by atoms with van der Waals surface area (Å²) in [5.74, 6) is 4.69. The monoisotopic (exact) mass is 1280 g/mol. The molecule has 28 nitrogen and oxygen atoms in total. The summed E-state index contributed by atoms with van der Waals surface area (Å²) in [7, 11) is -3.15. The summed E-state index contributed by atoms with van der Waals surface area (Å²) in [5, 5.41) is 16.8. The highest BCUT2D eigenvalue weighted by atomic mass is 31.2. The topological polar surface area (TPSA) is 371 Å². The van der Waals surface area contributed by atoms with E-state index in [1.54, 1.807) is 44.0 Å². The Balaban J connectivity index is 0.806. The van der Waals surface area contributed by atoms with Crippen LogP contribution in [-0.4, -0.2) is 159 Å². The predicted molar refractivity (Wildman–Crippen MR) is 335 cm³/mol. The molecule has 2 aliphatic heterocycles. The van der Waals surface area contributed by atoms with Crippen molar-refractivity contribution in [2.24, 2.45) is 10.1 Å². The molecule has 0 radical (unpaired) electrons. The Morgan fingerprint density at radius 3 is 2.51 bits per heavy atom. The molecule has 1 aromatic heterocycles. The molecule has 2 unspecified atom stereocenters. The molecule has 486 valence electrons. The first-order chi connectivity index (χ1) is 43.7. The van der Waals surface area contributed by atoms with E-state index in [4.69, 9.17) is 38.4 Å². The van der Waals surface area contributed by atoms with E-state index in [0.717, 1.165) is 61.6 Å². The smallest absolute Gasteiger partial charge is 0.469 e. The van der Waals surface area contributed by atoms with E-state index in [1.165, 1.54) is 6.07 Å². The Morgan fingerprint density at radius 1 is 0.956 bits per heavy atom. The standard InChI is InChI=1S/C62H76N11O17P/c1-8-64-48-31-50-46(28-38(48)4)58(47-29-39(5)49(65-9-2)32-51(47)89-50)44-19-11-12-20-45(44)61(78)72(7)25-15-21-54(74)67-23-24-68-59(76)41-16-13-18-43(30-41)86-37-56(70-71-63)85-27-26-83-36-55(75)66-22-14-17-42-34-73(62(79)69-60(42)77)57-33-52(88-40(6)84-10-3)53(90-57)35-87-91(80,81)82/h11-13,16,18-20,28-32,34,40,52-53,56-57,64H,8-10,15,21-27,33,35-37H2,1-7H3,(H,66,75)(H,67,74)(H,68,76)(H,69,77,79)(H2,80,81,82)/t40-,52?,53+,56?,57+/m0/s1. The molecule has 5 atom stereocenters. The molecule has 1 aliphatic carbocycles. The second-order valence-corrected chi connectivity index (χ2v) is 22.1. The summed E-state index contributed by atoms with van der Waals surface area (Å²) in [6.07, 6.45) is -3.02. The Bertz CT molecular complexity index is 3870. The molecule has 4 aromatic rings. The third-order valence-electron chi connectivity index (χ3n) is 14.2. The van der Waals surface area contributed by atoms with Crippen molar-refractivity contribution >= 4 is 48.1 Å². The second-order valence-electron chi connectivity index (χ2n) is 20.8. The number of amides is 4. The molecular formula is C62H76N11O17P. The number of carbonyl (C=O) groups excluding carboxylic acids is 4. The zero-order valence-electron chi connectivity index (χ0n) is 51.6. The van der Waals surface area contributed by atoms with Gasteiger partial charge >= 0.3 is 13.5 Å². The van der Waals surface area contributed by atoms with E-state index in [-0.39, 0.29) is 81.0 Å². The van der Waals surface area contributed by atoms with Crippen LogP contribution in [-0.2, 0) is 42.4 Å². The normalized spacial score (nSPS) is 15.5. The van der Waals surface area contributed by atoms with Crippen LogP contribution in [0.2, 0.25) is 0 Å². The predicted octanol–water partition coefficient (Wildman–Crippen LogP) is 5.80. The number of carbonyl (C=O) groups is 4. The lowest BCUT2D eigenvalue weighted by atomic mass is 9.89. The maximum atomic E-state index is 14.3. The van der Waals surface area contributed by atoms with E-state index in [1.807, 2.05) is 64.1 Å². The van der Waals surface area contributed by atoms with Crippen molar-refractivity contribution in [2.75, 3.05) is 91.3 Å². The number of benzene rings is 4. The van der Waals surface area contributed by atoms with E-state index >= 15 is 0 Å². The van der Waals surface area contributed by atoms with Gasteiger partial charge in [-0.2, -0.15) is 0 Å². The van der Waals surface area contributed by atoms with Gasteiger partial charge in [0, 0.05) is 116 Å². The molecule has 91 heavy (non-hydrogen) atoms. The fourth-order valence-electron chi connectivity index (χ4n) is 9.89. The molecule has 1 saturated heterocycles. The molecule has 7 N–H and O–H groups in total. The lowest BCUT2D eigenvalue weighted by Gasteiger charge is -2.22. The number of hydrogen-bond donors (Lipinski definition) is 7. The maximum absolute atomic E-state index is 14.3. The summed E-state index contributed by atoms with van der Waals surface area (Å²) in [6, 6.07) is 21.9. The molecule has 1 fully saturated rings. The lowest BCUT2D eigenvalue weighted by molar-refractivity contribution is -0.172. The fourth-order valence-corrected chi connectivity index (χ4v) is 10.2. The third-order valence-corrected chi connectivity index (χ3v) is 14.6. The van der Waals surface area contributed by atoms with E-state index in [9.17, 15) is 43.1 Å². The molecule has 29 heteroatoms. The minimum absolute atomic E-state index is 0.0203. The number of azide groups is 1. The number of rotatable bonds is 32. The first-order valence-corrected chi connectivity index (χ1v) is 31.1. The number of aryl methyl sites for hydroxylation is 2. The van der Waals surface area contributed by atoms with Crippen molar-refractivity contribution in [3.8, 4) is 40.0 Å². The minimum atomic E-state index is -4.87. The molecule has 0 bridgehead atoms. The highest BCUT2D eigenvalue weighted by molar-refractivity contribution is 7.46. The summed E-state index contributed by atoms with van der Waals surface area (Å²) >= 11 is 0. The number of aromatic amines is 1. The number of anilines is 1. The minimum Gasteiger partial charge on any atom is -0.491 e. The quantitative estimate of drug-likeness (QED) is 0.00383. The number of nitrogens with one attached hydrogen (secondary N) is 5. The van der Waals surface area contributed by atoms with Crippen molar-refractivity contribution in [3.05, 3.63) is 143 Å². The Hall–Kier alpha value is -8.71. The van der Waals surface area contributed by atoms with Gasteiger partial charge in [0.25, 0.3) is 17.4 Å². The fraction of sp³-hybridized carbons (Fsp3) is 0.435. The van der Waals surface area contributed by atoms with E-state index in [0.29, 0.717) is 43.0 Å². The zero-order chi connectivity index (χ0) is 65.6. The van der Waals surface area contributed by atoms with Gasteiger partial charge in [-0.25, -0.2) is 9.36 Å².